The van der Waals surface area contributed by atoms with Crippen molar-refractivity contribution in [2.24, 2.45) is 10.9 Å². The molecule has 1 atom stereocenters. The zero-order valence-electron chi connectivity index (χ0n) is 18.5. The molecule has 0 aliphatic carbocycles. The van der Waals surface area contributed by atoms with Gasteiger partial charge in [0.05, 0.1) is 11.1 Å². The predicted octanol–water partition coefficient (Wildman–Crippen LogP) is 3.82. The van der Waals surface area contributed by atoms with E-state index in [4.69, 9.17) is 0 Å². The van der Waals surface area contributed by atoms with Crippen molar-refractivity contribution in [2.45, 2.75) is 25.7 Å². The maximum Gasteiger partial charge on any atom is 0.261 e. The number of rotatable bonds is 7. The Labute approximate surface area is 207 Å². The number of unbranched alkanes of at least 4 members (excludes halogenated alkanes) is 1. The average Bonchev–Trinajstić information content (AvgIpc) is 3.35. The van der Waals surface area contributed by atoms with Crippen LogP contribution in [0.1, 0.15) is 45.5 Å². The van der Waals surface area contributed by atoms with Crippen molar-refractivity contribution in [3.05, 3.63) is 71.3 Å². The van der Waals surface area contributed by atoms with Crippen LogP contribution in [0, 0.1) is 5.92 Å². The van der Waals surface area contributed by atoms with Crippen LogP contribution < -0.4 is 5.32 Å². The van der Waals surface area contributed by atoms with E-state index in [1.54, 1.807) is 24.3 Å². The van der Waals surface area contributed by atoms with Gasteiger partial charge in [0.2, 0.25) is 0 Å². The highest BCUT2D eigenvalue weighted by Crippen LogP contribution is 2.23. The molecule has 2 aromatic carbocycles. The zero-order chi connectivity index (χ0) is 21.6. The molecule has 0 radical (unpaired) electrons. The number of guanidine groups is 1. The average molecular weight is 546 g/mol. The molecule has 1 N–H and O–H groups in total. The van der Waals surface area contributed by atoms with Crippen molar-refractivity contribution >= 4 is 41.8 Å². The molecule has 4 rings (SSSR count). The summed E-state index contributed by atoms with van der Waals surface area (Å²) in [6.07, 6.45) is 3.92. The molecule has 6 nitrogen and oxygen atoms in total. The van der Waals surface area contributed by atoms with Crippen LogP contribution >= 0.6 is 24.0 Å². The van der Waals surface area contributed by atoms with E-state index in [-0.39, 0.29) is 35.8 Å². The van der Waals surface area contributed by atoms with Gasteiger partial charge >= 0.3 is 0 Å². The summed E-state index contributed by atoms with van der Waals surface area (Å²) in [4.78, 5) is 33.0. The first kappa shape index (κ1) is 24.2. The number of nitrogens with one attached hydrogen (secondary N) is 1. The van der Waals surface area contributed by atoms with Gasteiger partial charge in [0.25, 0.3) is 11.8 Å². The highest BCUT2D eigenvalue weighted by atomic mass is 127. The number of hydrogen-bond donors (Lipinski definition) is 1. The summed E-state index contributed by atoms with van der Waals surface area (Å²) in [5.74, 6) is 1.24. The Morgan fingerprint density at radius 3 is 2.31 bits per heavy atom. The third-order valence-electron chi connectivity index (χ3n) is 6.13. The summed E-state index contributed by atoms with van der Waals surface area (Å²) in [6.45, 7) is 3.26. The van der Waals surface area contributed by atoms with E-state index < -0.39 is 0 Å². The standard InChI is InChI=1S/C25H30N4O2.HI/c1-26-25(28-16-13-20(18-28)17-19-9-3-2-4-10-19)27-14-7-8-15-29-23(30)21-11-5-6-12-22(21)24(29)31;/h2-6,9-12,20H,7-8,13-18H2,1H3,(H,26,27);1H. The molecule has 32 heavy (non-hydrogen) atoms. The lowest BCUT2D eigenvalue weighted by molar-refractivity contribution is 0.0652. The molecule has 2 amide bonds. The highest BCUT2D eigenvalue weighted by molar-refractivity contribution is 14.0. The lowest BCUT2D eigenvalue weighted by Crippen LogP contribution is -2.40. The molecule has 2 aliphatic rings. The van der Waals surface area contributed by atoms with E-state index >= 15 is 0 Å². The molecular weight excluding hydrogens is 515 g/mol. The Balaban J connectivity index is 0.00000289. The number of benzene rings is 2. The number of aliphatic imine (C=N–C) groups is 1. The van der Waals surface area contributed by atoms with Crippen molar-refractivity contribution < 1.29 is 9.59 Å². The minimum absolute atomic E-state index is 0. The number of nitrogens with zero attached hydrogens (tertiary/aromatic N) is 3. The third-order valence-corrected chi connectivity index (χ3v) is 6.13. The van der Waals surface area contributed by atoms with E-state index in [2.05, 4.69) is 45.5 Å². The quantitative estimate of drug-likeness (QED) is 0.189. The summed E-state index contributed by atoms with van der Waals surface area (Å²) in [7, 11) is 1.83. The lowest BCUT2D eigenvalue weighted by atomic mass is 9.99. The van der Waals surface area contributed by atoms with Gasteiger partial charge in [0.15, 0.2) is 5.96 Å². The number of carbonyl (C=O) groups excluding carboxylic acids is 2. The molecule has 7 heteroatoms. The fourth-order valence-corrected chi connectivity index (χ4v) is 4.51. The maximum atomic E-state index is 12.4. The Kier molecular flexibility index (Phi) is 8.67. The number of hydrogen-bond acceptors (Lipinski definition) is 3. The van der Waals surface area contributed by atoms with Gasteiger partial charge in [0.1, 0.15) is 0 Å². The van der Waals surface area contributed by atoms with Gasteiger partial charge in [-0.15, -0.1) is 24.0 Å². The van der Waals surface area contributed by atoms with E-state index in [0.717, 1.165) is 44.9 Å². The summed E-state index contributed by atoms with van der Waals surface area (Å²) >= 11 is 0. The molecule has 2 aromatic rings. The number of amides is 2. The fraction of sp³-hybridized carbons (Fsp3) is 0.400. The predicted molar refractivity (Wildman–Crippen MR) is 138 cm³/mol. The van der Waals surface area contributed by atoms with Crippen LogP contribution in [0.4, 0.5) is 0 Å². The molecule has 0 saturated carbocycles. The van der Waals surface area contributed by atoms with Crippen LogP contribution in [0.2, 0.25) is 0 Å². The van der Waals surface area contributed by atoms with Gasteiger partial charge < -0.3 is 10.2 Å². The Hall–Kier alpha value is -2.42. The SMILES string of the molecule is CN=C(NCCCCN1C(=O)c2ccccc2C1=O)N1CCC(Cc2ccccc2)C1.I. The normalized spacial score (nSPS) is 18.0. The van der Waals surface area contributed by atoms with Gasteiger partial charge in [-0.3, -0.25) is 19.5 Å². The Morgan fingerprint density at radius 2 is 1.66 bits per heavy atom. The van der Waals surface area contributed by atoms with Crippen LogP contribution in [-0.4, -0.2) is 60.8 Å². The summed E-state index contributed by atoms with van der Waals surface area (Å²) in [5.41, 5.74) is 2.43. The van der Waals surface area contributed by atoms with Crippen LogP contribution in [0.25, 0.3) is 0 Å². The molecular formula is C25H31IN4O2. The van der Waals surface area contributed by atoms with Crippen molar-refractivity contribution in [1.82, 2.24) is 15.1 Å². The van der Waals surface area contributed by atoms with Crippen molar-refractivity contribution in [1.29, 1.82) is 0 Å². The first-order valence-electron chi connectivity index (χ1n) is 11.1. The summed E-state index contributed by atoms with van der Waals surface area (Å²) in [5, 5.41) is 3.45. The molecule has 170 valence electrons. The van der Waals surface area contributed by atoms with Crippen LogP contribution in [0.15, 0.2) is 59.6 Å². The number of carbonyl (C=O) groups is 2. The van der Waals surface area contributed by atoms with Gasteiger partial charge in [0, 0.05) is 33.2 Å². The van der Waals surface area contributed by atoms with Crippen molar-refractivity contribution in [2.75, 3.05) is 33.2 Å². The first-order valence-corrected chi connectivity index (χ1v) is 11.1. The second-order valence-corrected chi connectivity index (χ2v) is 8.28. The van der Waals surface area contributed by atoms with E-state index in [0.29, 0.717) is 23.6 Å². The topological polar surface area (TPSA) is 65.0 Å². The van der Waals surface area contributed by atoms with Gasteiger partial charge in [-0.05, 0) is 49.3 Å². The Bertz CT molecular complexity index is 928. The van der Waals surface area contributed by atoms with E-state index in [9.17, 15) is 9.59 Å². The lowest BCUT2D eigenvalue weighted by Gasteiger charge is -2.22. The second-order valence-electron chi connectivity index (χ2n) is 8.28. The van der Waals surface area contributed by atoms with E-state index in [1.165, 1.54) is 16.9 Å². The summed E-state index contributed by atoms with van der Waals surface area (Å²) < 4.78 is 0. The van der Waals surface area contributed by atoms with Crippen LogP contribution in [0.3, 0.4) is 0 Å². The number of imide groups is 1. The first-order chi connectivity index (χ1) is 15.2. The third kappa shape index (κ3) is 5.49. The molecule has 2 aliphatic heterocycles. The number of halogens is 1. The summed E-state index contributed by atoms with van der Waals surface area (Å²) in [6, 6.07) is 17.7. The van der Waals surface area contributed by atoms with Gasteiger partial charge in [-0.2, -0.15) is 0 Å². The maximum absolute atomic E-state index is 12.4. The van der Waals surface area contributed by atoms with Gasteiger partial charge in [-0.25, -0.2) is 0 Å². The fourth-order valence-electron chi connectivity index (χ4n) is 4.51. The molecule has 1 fully saturated rings. The van der Waals surface area contributed by atoms with Crippen molar-refractivity contribution in [3.8, 4) is 0 Å². The molecule has 2 heterocycles. The van der Waals surface area contributed by atoms with E-state index in [1.807, 2.05) is 7.05 Å². The largest absolute Gasteiger partial charge is 0.356 e. The molecule has 0 bridgehead atoms. The molecule has 0 aromatic heterocycles. The minimum atomic E-state index is -0.175. The molecule has 0 spiro atoms. The molecule has 1 unspecified atom stereocenters. The minimum Gasteiger partial charge on any atom is -0.356 e. The van der Waals surface area contributed by atoms with Gasteiger partial charge in [-0.1, -0.05) is 42.5 Å². The zero-order valence-corrected chi connectivity index (χ0v) is 20.8. The Morgan fingerprint density at radius 1 is 1.00 bits per heavy atom. The monoisotopic (exact) mass is 546 g/mol. The highest BCUT2D eigenvalue weighted by Gasteiger charge is 2.34. The van der Waals surface area contributed by atoms with Crippen LogP contribution in [-0.2, 0) is 6.42 Å². The smallest absolute Gasteiger partial charge is 0.261 e. The van der Waals surface area contributed by atoms with Crippen molar-refractivity contribution in [3.63, 3.8) is 0 Å². The number of fused-ring (bicyclic) bond motifs is 1. The second kappa shape index (κ2) is 11.4. The molecule has 1 saturated heterocycles. The number of likely N-dealkylation sites (tertiary alicyclic amines) is 1. The van der Waals surface area contributed by atoms with Crippen LogP contribution in [0.5, 0.6) is 0 Å².